The number of nitrogens with one attached hydrogen (secondary N) is 1. The second-order valence-electron chi connectivity index (χ2n) is 5.52. The lowest BCUT2D eigenvalue weighted by molar-refractivity contribution is 0.266. The van der Waals surface area contributed by atoms with E-state index < -0.39 is 0 Å². The van der Waals surface area contributed by atoms with Crippen LogP contribution in [0.2, 0.25) is 0 Å². The molecule has 1 atom stereocenters. The van der Waals surface area contributed by atoms with Crippen LogP contribution >= 0.6 is 0 Å². The van der Waals surface area contributed by atoms with Gasteiger partial charge < -0.3 is 11.1 Å². The van der Waals surface area contributed by atoms with Crippen LogP contribution in [0.5, 0.6) is 0 Å². The Morgan fingerprint density at radius 2 is 1.78 bits per heavy atom. The van der Waals surface area contributed by atoms with Crippen LogP contribution in [0.4, 0.5) is 0 Å². The van der Waals surface area contributed by atoms with Crippen molar-refractivity contribution in [1.29, 1.82) is 0 Å². The molecular weight excluding hydrogens is 220 g/mol. The van der Waals surface area contributed by atoms with Crippen molar-refractivity contribution in [3.63, 3.8) is 0 Å². The maximum Gasteiger partial charge on any atom is 0.0381 e. The Balaban J connectivity index is 2.46. The summed E-state index contributed by atoms with van der Waals surface area (Å²) in [4.78, 5) is 0. The topological polar surface area (TPSA) is 38.0 Å². The fraction of sp³-hybridized carbons (Fsp3) is 0.375. The molecule has 0 heterocycles. The monoisotopic (exact) mass is 242 g/mol. The molecule has 3 N–H and O–H groups in total. The molecule has 0 spiro atoms. The Kier molecular flexibility index (Phi) is 3.69. The number of nitrogens with two attached hydrogens (primary N) is 1. The van der Waals surface area contributed by atoms with Crippen molar-refractivity contribution < 1.29 is 0 Å². The number of hydrogen-bond acceptors (Lipinski definition) is 2. The first-order valence-corrected chi connectivity index (χ1v) is 6.44. The summed E-state index contributed by atoms with van der Waals surface area (Å²) >= 11 is 0. The van der Waals surface area contributed by atoms with E-state index in [2.05, 4.69) is 61.6 Å². The third-order valence-electron chi connectivity index (χ3n) is 3.70. The summed E-state index contributed by atoms with van der Waals surface area (Å²) in [6.45, 7) is 5.05. The molecule has 2 rings (SSSR count). The van der Waals surface area contributed by atoms with Gasteiger partial charge in [-0.2, -0.15) is 0 Å². The minimum absolute atomic E-state index is 0.0389. The summed E-state index contributed by atoms with van der Waals surface area (Å²) in [6, 6.07) is 15.3. The third kappa shape index (κ3) is 2.40. The van der Waals surface area contributed by atoms with Crippen LogP contribution in [0, 0.1) is 5.41 Å². The van der Waals surface area contributed by atoms with E-state index in [0.717, 1.165) is 0 Å². The van der Waals surface area contributed by atoms with E-state index >= 15 is 0 Å². The van der Waals surface area contributed by atoms with Gasteiger partial charge in [0.05, 0.1) is 0 Å². The molecule has 0 aliphatic heterocycles. The predicted molar refractivity (Wildman–Crippen MR) is 78.6 cm³/mol. The van der Waals surface area contributed by atoms with Crippen LogP contribution in [0.1, 0.15) is 25.5 Å². The van der Waals surface area contributed by atoms with E-state index in [4.69, 9.17) is 5.73 Å². The summed E-state index contributed by atoms with van der Waals surface area (Å²) in [7, 11) is 2.00. The van der Waals surface area contributed by atoms with Gasteiger partial charge in [-0.25, -0.2) is 0 Å². The van der Waals surface area contributed by atoms with E-state index in [-0.39, 0.29) is 11.5 Å². The highest BCUT2D eigenvalue weighted by atomic mass is 14.9. The lowest BCUT2D eigenvalue weighted by Crippen LogP contribution is -2.37. The highest BCUT2D eigenvalue weighted by molar-refractivity contribution is 5.83. The molecule has 0 saturated carbocycles. The standard InChI is InChI=1S/C16H22N2/c1-16(2,11-17)15(18-3)14-9-8-12-6-4-5-7-13(12)10-14/h4-10,15,18H,11,17H2,1-3H3. The highest BCUT2D eigenvalue weighted by Crippen LogP contribution is 2.33. The SMILES string of the molecule is CNC(c1ccc2ccccc2c1)C(C)(C)CN. The van der Waals surface area contributed by atoms with E-state index in [1.165, 1.54) is 16.3 Å². The smallest absolute Gasteiger partial charge is 0.0381 e. The average Bonchev–Trinajstić information content (AvgIpc) is 2.39. The maximum atomic E-state index is 5.89. The van der Waals surface area contributed by atoms with Gasteiger partial charge in [-0.15, -0.1) is 0 Å². The van der Waals surface area contributed by atoms with Gasteiger partial charge in [0.25, 0.3) is 0 Å². The summed E-state index contributed by atoms with van der Waals surface area (Å²) < 4.78 is 0. The van der Waals surface area contributed by atoms with Crippen LogP contribution in [-0.4, -0.2) is 13.6 Å². The van der Waals surface area contributed by atoms with Gasteiger partial charge in [-0.05, 0) is 41.4 Å². The molecule has 0 aliphatic rings. The Labute approximate surface area is 109 Å². The molecule has 0 aromatic heterocycles. The fourth-order valence-electron chi connectivity index (χ4n) is 2.51. The lowest BCUT2D eigenvalue weighted by atomic mass is 9.80. The molecule has 2 aromatic rings. The normalized spacial score (nSPS) is 13.8. The number of rotatable bonds is 4. The second-order valence-corrected chi connectivity index (χ2v) is 5.52. The minimum Gasteiger partial charge on any atom is -0.330 e. The van der Waals surface area contributed by atoms with Gasteiger partial charge in [-0.3, -0.25) is 0 Å². The van der Waals surface area contributed by atoms with Gasteiger partial charge in [-0.1, -0.05) is 50.2 Å². The van der Waals surface area contributed by atoms with Gasteiger partial charge >= 0.3 is 0 Å². The highest BCUT2D eigenvalue weighted by Gasteiger charge is 2.28. The van der Waals surface area contributed by atoms with Crippen LogP contribution < -0.4 is 11.1 Å². The molecular formula is C16H22N2. The molecule has 0 aliphatic carbocycles. The average molecular weight is 242 g/mol. The Bertz CT molecular complexity index is 531. The molecule has 0 amide bonds. The van der Waals surface area contributed by atoms with E-state index in [0.29, 0.717) is 6.54 Å². The predicted octanol–water partition coefficient (Wildman–Crippen LogP) is 3.09. The summed E-state index contributed by atoms with van der Waals surface area (Å²) in [5.41, 5.74) is 7.23. The molecule has 1 unspecified atom stereocenters. The summed E-state index contributed by atoms with van der Waals surface area (Å²) in [5.74, 6) is 0. The first-order valence-electron chi connectivity index (χ1n) is 6.44. The van der Waals surface area contributed by atoms with Crippen molar-refractivity contribution >= 4 is 10.8 Å². The lowest BCUT2D eigenvalue weighted by Gasteiger charge is -2.33. The minimum atomic E-state index is 0.0389. The number of fused-ring (bicyclic) bond motifs is 1. The van der Waals surface area contributed by atoms with Crippen molar-refractivity contribution in [2.45, 2.75) is 19.9 Å². The van der Waals surface area contributed by atoms with Crippen LogP contribution in [0.3, 0.4) is 0 Å². The molecule has 0 saturated heterocycles. The third-order valence-corrected chi connectivity index (χ3v) is 3.70. The van der Waals surface area contributed by atoms with Gasteiger partial charge in [0.1, 0.15) is 0 Å². The van der Waals surface area contributed by atoms with Crippen molar-refractivity contribution in [3.8, 4) is 0 Å². The van der Waals surface area contributed by atoms with Crippen molar-refractivity contribution in [3.05, 3.63) is 48.0 Å². The fourth-order valence-corrected chi connectivity index (χ4v) is 2.51. The molecule has 2 heteroatoms. The maximum absolute atomic E-state index is 5.89. The van der Waals surface area contributed by atoms with Crippen LogP contribution in [-0.2, 0) is 0 Å². The van der Waals surface area contributed by atoms with Gasteiger partial charge in [0, 0.05) is 6.04 Å². The van der Waals surface area contributed by atoms with Crippen molar-refractivity contribution in [2.75, 3.05) is 13.6 Å². The van der Waals surface area contributed by atoms with E-state index in [9.17, 15) is 0 Å². The molecule has 2 aromatic carbocycles. The zero-order valence-corrected chi connectivity index (χ0v) is 11.4. The quantitative estimate of drug-likeness (QED) is 0.864. The zero-order valence-electron chi connectivity index (χ0n) is 11.4. The van der Waals surface area contributed by atoms with Gasteiger partial charge in [0.2, 0.25) is 0 Å². The molecule has 2 nitrogen and oxygen atoms in total. The number of benzene rings is 2. The molecule has 18 heavy (non-hydrogen) atoms. The molecule has 0 fully saturated rings. The molecule has 96 valence electrons. The van der Waals surface area contributed by atoms with Crippen LogP contribution in [0.25, 0.3) is 10.8 Å². The molecule has 0 radical (unpaired) electrons. The Hall–Kier alpha value is -1.38. The first-order chi connectivity index (χ1) is 8.58. The molecule has 0 bridgehead atoms. The summed E-state index contributed by atoms with van der Waals surface area (Å²) in [6.07, 6.45) is 0. The summed E-state index contributed by atoms with van der Waals surface area (Å²) in [5, 5.41) is 5.95. The Morgan fingerprint density at radius 3 is 2.39 bits per heavy atom. The van der Waals surface area contributed by atoms with Crippen molar-refractivity contribution in [1.82, 2.24) is 5.32 Å². The zero-order chi connectivity index (χ0) is 13.2. The van der Waals surface area contributed by atoms with Crippen molar-refractivity contribution in [2.24, 2.45) is 11.1 Å². The van der Waals surface area contributed by atoms with E-state index in [1.54, 1.807) is 0 Å². The largest absolute Gasteiger partial charge is 0.330 e. The number of hydrogen-bond donors (Lipinski definition) is 2. The van der Waals surface area contributed by atoms with E-state index in [1.807, 2.05) is 7.05 Å². The van der Waals surface area contributed by atoms with Crippen LogP contribution in [0.15, 0.2) is 42.5 Å². The first kappa shape index (κ1) is 13.1. The second kappa shape index (κ2) is 5.09. The van der Waals surface area contributed by atoms with Gasteiger partial charge in [0.15, 0.2) is 0 Å². The Morgan fingerprint density at radius 1 is 1.11 bits per heavy atom.